The van der Waals surface area contributed by atoms with Crippen molar-refractivity contribution < 1.29 is 9.59 Å². The van der Waals surface area contributed by atoms with Gasteiger partial charge in [-0.15, -0.1) is 6.58 Å². The van der Waals surface area contributed by atoms with Crippen molar-refractivity contribution in [2.24, 2.45) is 0 Å². The predicted molar refractivity (Wildman–Crippen MR) is 70.3 cm³/mol. The molecule has 17 heavy (non-hydrogen) atoms. The summed E-state index contributed by atoms with van der Waals surface area (Å²) >= 11 is 3.31. The van der Waals surface area contributed by atoms with Crippen LogP contribution in [-0.2, 0) is 4.79 Å². The first kappa shape index (κ1) is 12.0. The van der Waals surface area contributed by atoms with Gasteiger partial charge in [0.25, 0.3) is 11.7 Å². The molecular formula is C13H12BrNO2. The molecular weight excluding hydrogens is 282 g/mol. The van der Waals surface area contributed by atoms with Gasteiger partial charge >= 0.3 is 0 Å². The van der Waals surface area contributed by atoms with E-state index in [1.54, 1.807) is 12.1 Å². The molecule has 1 aliphatic rings. The normalized spacial score (nSPS) is 14.1. The van der Waals surface area contributed by atoms with E-state index in [4.69, 9.17) is 0 Å². The summed E-state index contributed by atoms with van der Waals surface area (Å²) in [5.41, 5.74) is 2.16. The van der Waals surface area contributed by atoms with Crippen LogP contribution < -0.4 is 4.90 Å². The van der Waals surface area contributed by atoms with Gasteiger partial charge in [-0.2, -0.15) is 0 Å². The molecule has 0 saturated carbocycles. The monoisotopic (exact) mass is 293 g/mol. The number of ketones is 1. The van der Waals surface area contributed by atoms with Crippen LogP contribution in [0.1, 0.15) is 23.7 Å². The molecule has 0 bridgehead atoms. The molecule has 88 valence electrons. The lowest BCUT2D eigenvalue weighted by Gasteiger charge is -2.16. The van der Waals surface area contributed by atoms with E-state index in [-0.39, 0.29) is 0 Å². The number of amides is 1. The molecule has 0 aliphatic carbocycles. The van der Waals surface area contributed by atoms with Crippen molar-refractivity contribution in [1.82, 2.24) is 0 Å². The fourth-order valence-electron chi connectivity index (χ4n) is 1.83. The first-order valence-electron chi connectivity index (χ1n) is 5.31. The number of fused-ring (bicyclic) bond motifs is 1. The molecule has 0 N–H and O–H groups in total. The Morgan fingerprint density at radius 1 is 1.41 bits per heavy atom. The van der Waals surface area contributed by atoms with E-state index in [1.807, 2.05) is 13.0 Å². The van der Waals surface area contributed by atoms with E-state index in [0.717, 1.165) is 5.57 Å². The van der Waals surface area contributed by atoms with Gasteiger partial charge in [0, 0.05) is 11.0 Å². The predicted octanol–water partition coefficient (Wildman–Crippen LogP) is 2.94. The van der Waals surface area contributed by atoms with Crippen LogP contribution in [0.4, 0.5) is 5.69 Å². The number of benzene rings is 1. The Balaban J connectivity index is 2.38. The second-order valence-corrected chi connectivity index (χ2v) is 4.98. The fourth-order valence-corrected chi connectivity index (χ4v) is 2.36. The molecule has 0 fully saturated rings. The van der Waals surface area contributed by atoms with Crippen molar-refractivity contribution in [3.63, 3.8) is 0 Å². The number of carbonyl (C=O) groups is 2. The van der Waals surface area contributed by atoms with E-state index in [2.05, 4.69) is 22.5 Å². The van der Waals surface area contributed by atoms with E-state index < -0.39 is 11.7 Å². The number of rotatable bonds is 3. The smallest absolute Gasteiger partial charge is 0.299 e. The third kappa shape index (κ3) is 2.05. The second-order valence-electron chi connectivity index (χ2n) is 4.13. The summed E-state index contributed by atoms with van der Waals surface area (Å²) < 4.78 is 0.672. The Bertz CT molecular complexity index is 522. The number of hydrogen-bond acceptors (Lipinski definition) is 2. The lowest BCUT2D eigenvalue weighted by molar-refractivity contribution is -0.114. The fraction of sp³-hybridized carbons (Fsp3) is 0.231. The third-order valence-electron chi connectivity index (χ3n) is 2.71. The first-order valence-corrected chi connectivity index (χ1v) is 6.10. The molecule has 0 atom stereocenters. The minimum atomic E-state index is -0.451. The van der Waals surface area contributed by atoms with Crippen molar-refractivity contribution in [2.45, 2.75) is 13.3 Å². The Morgan fingerprint density at radius 3 is 2.76 bits per heavy atom. The highest BCUT2D eigenvalue weighted by molar-refractivity contribution is 9.10. The summed E-state index contributed by atoms with van der Waals surface area (Å²) in [4.78, 5) is 25.2. The van der Waals surface area contributed by atoms with Gasteiger partial charge in [0.2, 0.25) is 0 Å². The second kappa shape index (κ2) is 4.45. The van der Waals surface area contributed by atoms with Crippen LogP contribution in [0.2, 0.25) is 0 Å². The minimum Gasteiger partial charge on any atom is -0.304 e. The molecule has 0 spiro atoms. The van der Waals surface area contributed by atoms with Gasteiger partial charge in [0.15, 0.2) is 0 Å². The van der Waals surface area contributed by atoms with Gasteiger partial charge in [-0.25, -0.2) is 0 Å². The Kier molecular flexibility index (Phi) is 3.15. The summed E-state index contributed by atoms with van der Waals surface area (Å²) in [6.07, 6.45) is 0.699. The van der Waals surface area contributed by atoms with Crippen LogP contribution in [0.25, 0.3) is 0 Å². The maximum atomic E-state index is 11.9. The van der Waals surface area contributed by atoms with Crippen molar-refractivity contribution in [2.75, 3.05) is 11.4 Å². The van der Waals surface area contributed by atoms with E-state index >= 15 is 0 Å². The Morgan fingerprint density at radius 2 is 2.12 bits per heavy atom. The maximum Gasteiger partial charge on any atom is 0.299 e. The molecule has 1 aromatic carbocycles. The summed E-state index contributed by atoms with van der Waals surface area (Å²) in [6.45, 7) is 6.21. The Labute approximate surface area is 108 Å². The zero-order valence-corrected chi connectivity index (χ0v) is 11.1. The first-order chi connectivity index (χ1) is 8.02. The lowest BCUT2D eigenvalue weighted by Crippen LogP contribution is -2.30. The highest BCUT2D eigenvalue weighted by atomic mass is 79.9. The topological polar surface area (TPSA) is 37.4 Å². The highest BCUT2D eigenvalue weighted by Gasteiger charge is 2.36. The maximum absolute atomic E-state index is 11.9. The molecule has 1 heterocycles. The van der Waals surface area contributed by atoms with Crippen LogP contribution >= 0.6 is 15.9 Å². The van der Waals surface area contributed by atoms with Gasteiger partial charge in [0.1, 0.15) is 0 Å². The van der Waals surface area contributed by atoms with E-state index in [0.29, 0.717) is 28.7 Å². The number of anilines is 1. The molecule has 3 nitrogen and oxygen atoms in total. The van der Waals surface area contributed by atoms with Crippen molar-refractivity contribution in [3.8, 4) is 0 Å². The average molecular weight is 294 g/mol. The lowest BCUT2D eigenvalue weighted by atomic mass is 10.1. The molecule has 0 unspecified atom stereocenters. The van der Waals surface area contributed by atoms with Crippen LogP contribution in [0, 0.1) is 0 Å². The summed E-state index contributed by atoms with van der Waals surface area (Å²) in [5, 5.41) is 0. The molecule has 1 aromatic rings. The van der Waals surface area contributed by atoms with Gasteiger partial charge in [0.05, 0.1) is 11.3 Å². The molecule has 1 aliphatic heterocycles. The quantitative estimate of drug-likeness (QED) is 0.635. The molecule has 4 heteroatoms. The number of carbonyl (C=O) groups excluding carboxylic acids is 2. The number of halogens is 1. The summed E-state index contributed by atoms with van der Waals surface area (Å²) in [5.74, 6) is -0.887. The van der Waals surface area contributed by atoms with Crippen molar-refractivity contribution >= 4 is 33.3 Å². The minimum absolute atomic E-state index is 0.436. The van der Waals surface area contributed by atoms with Crippen LogP contribution in [0.5, 0.6) is 0 Å². The van der Waals surface area contributed by atoms with Gasteiger partial charge in [-0.05, 0) is 41.4 Å². The molecule has 1 amide bonds. The zero-order chi connectivity index (χ0) is 12.6. The largest absolute Gasteiger partial charge is 0.304 e. The van der Waals surface area contributed by atoms with Crippen LogP contribution in [0.3, 0.4) is 0 Å². The zero-order valence-electron chi connectivity index (χ0n) is 9.50. The van der Waals surface area contributed by atoms with Crippen molar-refractivity contribution in [1.29, 1.82) is 0 Å². The molecule has 0 aromatic heterocycles. The van der Waals surface area contributed by atoms with Gasteiger partial charge < -0.3 is 4.90 Å². The molecule has 2 rings (SSSR count). The average Bonchev–Trinajstić information content (AvgIpc) is 2.51. The van der Waals surface area contributed by atoms with Crippen LogP contribution in [0.15, 0.2) is 34.8 Å². The van der Waals surface area contributed by atoms with Crippen LogP contribution in [-0.4, -0.2) is 18.2 Å². The van der Waals surface area contributed by atoms with E-state index in [9.17, 15) is 9.59 Å². The van der Waals surface area contributed by atoms with E-state index in [1.165, 1.54) is 4.90 Å². The Hall–Kier alpha value is -1.42. The summed E-state index contributed by atoms with van der Waals surface area (Å²) in [6, 6.07) is 5.39. The standard InChI is InChI=1S/C13H12BrNO2/c1-8(2)6-7-15-10-5-3-4-9(14)11(10)12(16)13(15)17/h3-5H,1,6-7H2,2H3. The van der Waals surface area contributed by atoms with Gasteiger partial charge in [-0.3, -0.25) is 9.59 Å². The van der Waals surface area contributed by atoms with Gasteiger partial charge in [-0.1, -0.05) is 11.6 Å². The number of Topliss-reactive ketones (excluding diaryl/α,β-unsaturated/α-hetero) is 1. The SMILES string of the molecule is C=C(C)CCN1C(=O)C(=O)c2c(Br)cccc21. The molecule has 0 saturated heterocycles. The number of hydrogen-bond donors (Lipinski definition) is 0. The molecule has 0 radical (unpaired) electrons. The summed E-state index contributed by atoms with van der Waals surface area (Å²) in [7, 11) is 0. The highest BCUT2D eigenvalue weighted by Crippen LogP contribution is 2.34. The van der Waals surface area contributed by atoms with Crippen molar-refractivity contribution in [3.05, 3.63) is 40.4 Å². The number of nitrogens with zero attached hydrogens (tertiary/aromatic N) is 1. The third-order valence-corrected chi connectivity index (χ3v) is 3.37.